The first-order valence-electron chi connectivity index (χ1n) is 7.67. The SMILES string of the molecule is Oc1ccc(C(OC(c2ccc(O)cc2)C2CO2)C2CO2)cc1. The summed E-state index contributed by atoms with van der Waals surface area (Å²) in [7, 11) is 0. The molecule has 0 saturated carbocycles. The van der Waals surface area contributed by atoms with Gasteiger partial charge in [0.15, 0.2) is 0 Å². The number of ether oxygens (including phenoxy) is 3. The molecular weight excluding hydrogens is 296 g/mol. The monoisotopic (exact) mass is 314 g/mol. The van der Waals surface area contributed by atoms with Crippen molar-refractivity contribution in [1.29, 1.82) is 0 Å². The summed E-state index contributed by atoms with van der Waals surface area (Å²) in [6.07, 6.45) is -0.368. The zero-order valence-electron chi connectivity index (χ0n) is 12.5. The van der Waals surface area contributed by atoms with Gasteiger partial charge in [0.25, 0.3) is 0 Å². The predicted molar refractivity (Wildman–Crippen MR) is 82.3 cm³/mol. The van der Waals surface area contributed by atoms with E-state index in [1.165, 1.54) is 0 Å². The lowest BCUT2D eigenvalue weighted by Crippen LogP contribution is -2.19. The van der Waals surface area contributed by atoms with E-state index in [2.05, 4.69) is 0 Å². The third kappa shape index (κ3) is 3.32. The van der Waals surface area contributed by atoms with Gasteiger partial charge in [-0.15, -0.1) is 0 Å². The summed E-state index contributed by atoms with van der Waals surface area (Å²) in [5, 5.41) is 18.9. The Balaban J connectivity index is 1.58. The van der Waals surface area contributed by atoms with Crippen molar-refractivity contribution in [1.82, 2.24) is 0 Å². The summed E-state index contributed by atoms with van der Waals surface area (Å²) in [6.45, 7) is 1.33. The van der Waals surface area contributed by atoms with Gasteiger partial charge < -0.3 is 24.4 Å². The lowest BCUT2D eigenvalue weighted by atomic mass is 10.0. The van der Waals surface area contributed by atoms with E-state index in [4.69, 9.17) is 14.2 Å². The van der Waals surface area contributed by atoms with Crippen LogP contribution in [0.25, 0.3) is 0 Å². The van der Waals surface area contributed by atoms with Crippen molar-refractivity contribution >= 4 is 0 Å². The topological polar surface area (TPSA) is 74.8 Å². The average Bonchev–Trinajstić information content (AvgIpc) is 3.45. The molecule has 4 unspecified atom stereocenters. The highest BCUT2D eigenvalue weighted by molar-refractivity contribution is 5.30. The first kappa shape index (κ1) is 14.5. The number of aromatic hydroxyl groups is 2. The number of epoxide rings is 2. The van der Waals surface area contributed by atoms with Crippen LogP contribution in [0.5, 0.6) is 11.5 Å². The van der Waals surface area contributed by atoms with Crippen LogP contribution in [0.2, 0.25) is 0 Å². The third-order valence-electron chi connectivity index (χ3n) is 4.13. The van der Waals surface area contributed by atoms with Crippen molar-refractivity contribution in [2.75, 3.05) is 13.2 Å². The van der Waals surface area contributed by atoms with Crippen LogP contribution >= 0.6 is 0 Å². The molecule has 2 aromatic rings. The van der Waals surface area contributed by atoms with Crippen molar-refractivity contribution in [3.63, 3.8) is 0 Å². The summed E-state index contributed by atoms with van der Waals surface area (Å²) >= 11 is 0. The largest absolute Gasteiger partial charge is 0.508 e. The number of hydrogen-bond donors (Lipinski definition) is 2. The molecule has 2 aliphatic heterocycles. The fraction of sp³-hybridized carbons (Fsp3) is 0.333. The van der Waals surface area contributed by atoms with E-state index < -0.39 is 0 Å². The molecule has 23 heavy (non-hydrogen) atoms. The number of phenols is 2. The van der Waals surface area contributed by atoms with Gasteiger partial charge >= 0.3 is 0 Å². The second-order valence-corrected chi connectivity index (χ2v) is 5.90. The molecule has 2 aliphatic rings. The zero-order valence-corrected chi connectivity index (χ0v) is 12.5. The summed E-state index contributed by atoms with van der Waals surface area (Å²) in [5.74, 6) is 0.453. The normalized spacial score (nSPS) is 24.9. The predicted octanol–water partition coefficient (Wildman–Crippen LogP) is 2.69. The van der Waals surface area contributed by atoms with Crippen LogP contribution in [0.15, 0.2) is 48.5 Å². The fourth-order valence-corrected chi connectivity index (χ4v) is 2.71. The number of rotatable bonds is 6. The Kier molecular flexibility index (Phi) is 3.69. The van der Waals surface area contributed by atoms with Crippen LogP contribution in [0.4, 0.5) is 0 Å². The van der Waals surface area contributed by atoms with Gasteiger partial charge in [0, 0.05) is 0 Å². The van der Waals surface area contributed by atoms with Gasteiger partial charge in [-0.05, 0) is 35.4 Å². The molecule has 120 valence electrons. The molecule has 0 amide bonds. The molecular formula is C18H18O5. The first-order valence-corrected chi connectivity index (χ1v) is 7.67. The molecule has 0 radical (unpaired) electrons. The Morgan fingerprint density at radius 3 is 1.39 bits per heavy atom. The molecule has 2 aromatic carbocycles. The number of benzene rings is 2. The summed E-state index contributed by atoms with van der Waals surface area (Å²) in [4.78, 5) is 0. The molecule has 4 rings (SSSR count). The van der Waals surface area contributed by atoms with E-state index >= 15 is 0 Å². The van der Waals surface area contributed by atoms with E-state index in [1.54, 1.807) is 24.3 Å². The lowest BCUT2D eigenvalue weighted by Gasteiger charge is -2.23. The standard InChI is InChI=1S/C18H18O5/c19-13-5-1-11(2-6-13)17(15-9-21-15)23-18(16-10-22-16)12-3-7-14(20)8-4-12/h1-8,15-20H,9-10H2. The first-order chi connectivity index (χ1) is 11.2. The maximum atomic E-state index is 9.46. The molecule has 2 N–H and O–H groups in total. The highest BCUT2D eigenvalue weighted by Gasteiger charge is 2.42. The Bertz CT molecular complexity index is 599. The van der Waals surface area contributed by atoms with Crippen LogP contribution in [0.3, 0.4) is 0 Å². The highest BCUT2D eigenvalue weighted by atomic mass is 16.6. The molecule has 5 nitrogen and oxygen atoms in total. The van der Waals surface area contributed by atoms with Crippen molar-refractivity contribution in [2.24, 2.45) is 0 Å². The Morgan fingerprint density at radius 1 is 0.739 bits per heavy atom. The minimum absolute atomic E-state index is 0.0258. The van der Waals surface area contributed by atoms with Gasteiger partial charge in [0.05, 0.1) is 13.2 Å². The van der Waals surface area contributed by atoms with Gasteiger partial charge in [-0.2, -0.15) is 0 Å². The Hall–Kier alpha value is -2.08. The molecule has 2 saturated heterocycles. The van der Waals surface area contributed by atoms with Crippen LogP contribution in [-0.4, -0.2) is 35.6 Å². The Labute approximate surface area is 134 Å². The molecule has 5 heteroatoms. The quantitative estimate of drug-likeness (QED) is 0.802. The van der Waals surface area contributed by atoms with Crippen LogP contribution in [0.1, 0.15) is 23.3 Å². The number of hydrogen-bond acceptors (Lipinski definition) is 5. The molecule has 0 aliphatic carbocycles. The van der Waals surface area contributed by atoms with Gasteiger partial charge in [-0.1, -0.05) is 24.3 Å². The van der Waals surface area contributed by atoms with Crippen molar-refractivity contribution < 1.29 is 24.4 Å². The van der Waals surface area contributed by atoms with Gasteiger partial charge in [0.1, 0.15) is 35.9 Å². The van der Waals surface area contributed by atoms with Crippen molar-refractivity contribution in [2.45, 2.75) is 24.4 Å². The summed E-state index contributed by atoms with van der Waals surface area (Å²) in [6, 6.07) is 14.0. The zero-order chi connectivity index (χ0) is 15.8. The molecule has 2 fully saturated rings. The van der Waals surface area contributed by atoms with Gasteiger partial charge in [-0.3, -0.25) is 0 Å². The molecule has 0 aromatic heterocycles. The summed E-state index contributed by atoms with van der Waals surface area (Å²) < 4.78 is 17.2. The minimum atomic E-state index is -0.210. The smallest absolute Gasteiger partial charge is 0.115 e. The average molecular weight is 314 g/mol. The summed E-state index contributed by atoms with van der Waals surface area (Å²) in [5.41, 5.74) is 1.93. The van der Waals surface area contributed by atoms with Crippen molar-refractivity contribution in [3.05, 3.63) is 59.7 Å². The second kappa shape index (κ2) is 5.85. The molecule has 0 spiro atoms. The van der Waals surface area contributed by atoms with Gasteiger partial charge in [0.2, 0.25) is 0 Å². The van der Waals surface area contributed by atoms with E-state index in [0.717, 1.165) is 11.1 Å². The van der Waals surface area contributed by atoms with Crippen molar-refractivity contribution in [3.8, 4) is 11.5 Å². The van der Waals surface area contributed by atoms with E-state index in [1.807, 2.05) is 24.3 Å². The third-order valence-corrected chi connectivity index (χ3v) is 4.13. The molecule has 4 atom stereocenters. The van der Waals surface area contributed by atoms with E-state index in [9.17, 15) is 10.2 Å². The van der Waals surface area contributed by atoms with Crippen LogP contribution < -0.4 is 0 Å². The second-order valence-electron chi connectivity index (χ2n) is 5.90. The molecule has 2 heterocycles. The number of phenolic OH excluding ortho intramolecular Hbond substituents is 2. The van der Waals surface area contributed by atoms with Crippen LogP contribution in [-0.2, 0) is 14.2 Å². The lowest BCUT2D eigenvalue weighted by molar-refractivity contribution is -0.0419. The fourth-order valence-electron chi connectivity index (χ4n) is 2.71. The van der Waals surface area contributed by atoms with Gasteiger partial charge in [-0.25, -0.2) is 0 Å². The minimum Gasteiger partial charge on any atom is -0.508 e. The highest BCUT2D eigenvalue weighted by Crippen LogP contribution is 2.40. The maximum absolute atomic E-state index is 9.46. The van der Waals surface area contributed by atoms with Crippen LogP contribution in [0, 0.1) is 0 Å². The maximum Gasteiger partial charge on any atom is 0.115 e. The molecule has 0 bridgehead atoms. The van der Waals surface area contributed by atoms with E-state index in [-0.39, 0.29) is 35.9 Å². The van der Waals surface area contributed by atoms with E-state index in [0.29, 0.717) is 13.2 Å². The Morgan fingerprint density at radius 2 is 1.09 bits per heavy atom.